The molecule has 3 rings (SSSR count). The normalized spacial score (nSPS) is 14.4. The Kier molecular flexibility index (Phi) is 6.03. The van der Waals surface area contributed by atoms with E-state index in [1.54, 1.807) is 30.3 Å². The number of carbonyl (C=O) groups excluding carboxylic acids is 3. The molecular weight excluding hydrogens is 406 g/mol. The van der Waals surface area contributed by atoms with Crippen LogP contribution in [0.4, 0.5) is 16.2 Å². The molecule has 0 bridgehead atoms. The predicted octanol–water partition coefficient (Wildman–Crippen LogP) is 4.34. The summed E-state index contributed by atoms with van der Waals surface area (Å²) in [4.78, 5) is 38.5. The van der Waals surface area contributed by atoms with E-state index in [9.17, 15) is 14.4 Å². The lowest BCUT2D eigenvalue weighted by molar-refractivity contribution is -0.120. The zero-order valence-corrected chi connectivity index (χ0v) is 18.1. The summed E-state index contributed by atoms with van der Waals surface area (Å²) in [5, 5.41) is 5.71. The molecule has 7 nitrogen and oxygen atoms in total. The SMILES string of the molecule is COc1c(C(=O)Nc2ccc(Cl)cc2)cc(N2CCC(=O)NC2=O)cc1C(C)(C)C. The third kappa shape index (κ3) is 4.57. The summed E-state index contributed by atoms with van der Waals surface area (Å²) in [5.41, 5.74) is 1.80. The molecule has 0 aromatic heterocycles. The van der Waals surface area contributed by atoms with E-state index < -0.39 is 6.03 Å². The molecule has 0 saturated carbocycles. The van der Waals surface area contributed by atoms with Crippen molar-refractivity contribution in [3.8, 4) is 5.75 Å². The van der Waals surface area contributed by atoms with Crippen LogP contribution in [0.5, 0.6) is 5.75 Å². The van der Waals surface area contributed by atoms with Crippen LogP contribution in [-0.2, 0) is 10.2 Å². The van der Waals surface area contributed by atoms with Crippen LogP contribution >= 0.6 is 11.6 Å². The maximum absolute atomic E-state index is 13.1. The second-order valence-electron chi connectivity index (χ2n) is 8.04. The Hall–Kier alpha value is -3.06. The molecule has 30 heavy (non-hydrogen) atoms. The highest BCUT2D eigenvalue weighted by molar-refractivity contribution is 6.30. The summed E-state index contributed by atoms with van der Waals surface area (Å²) >= 11 is 5.91. The van der Waals surface area contributed by atoms with Crippen LogP contribution in [0.15, 0.2) is 36.4 Å². The van der Waals surface area contributed by atoms with E-state index in [-0.39, 0.29) is 30.2 Å². The summed E-state index contributed by atoms with van der Waals surface area (Å²) in [7, 11) is 1.51. The predicted molar refractivity (Wildman–Crippen MR) is 117 cm³/mol. The molecule has 0 unspecified atom stereocenters. The minimum Gasteiger partial charge on any atom is -0.496 e. The molecule has 2 aromatic carbocycles. The van der Waals surface area contributed by atoms with Gasteiger partial charge in [0.2, 0.25) is 5.91 Å². The van der Waals surface area contributed by atoms with Gasteiger partial charge >= 0.3 is 6.03 Å². The fourth-order valence-corrected chi connectivity index (χ4v) is 3.38. The molecule has 0 radical (unpaired) electrons. The fourth-order valence-electron chi connectivity index (χ4n) is 3.26. The lowest BCUT2D eigenvalue weighted by atomic mass is 9.84. The number of amides is 4. The van der Waals surface area contributed by atoms with Gasteiger partial charge in [0, 0.05) is 34.9 Å². The van der Waals surface area contributed by atoms with Crippen LogP contribution < -0.4 is 20.3 Å². The molecule has 158 valence electrons. The van der Waals surface area contributed by atoms with Crippen LogP contribution in [0.25, 0.3) is 0 Å². The first-order chi connectivity index (χ1) is 14.1. The lowest BCUT2D eigenvalue weighted by Crippen LogP contribution is -2.49. The number of hydrogen-bond donors (Lipinski definition) is 2. The van der Waals surface area contributed by atoms with Crippen molar-refractivity contribution in [3.63, 3.8) is 0 Å². The number of benzene rings is 2. The molecule has 0 aliphatic carbocycles. The van der Waals surface area contributed by atoms with Crippen molar-refractivity contribution in [3.05, 3.63) is 52.5 Å². The second kappa shape index (κ2) is 8.36. The van der Waals surface area contributed by atoms with E-state index in [0.29, 0.717) is 27.7 Å². The zero-order chi connectivity index (χ0) is 22.1. The van der Waals surface area contributed by atoms with Gasteiger partial charge in [-0.05, 0) is 41.8 Å². The maximum Gasteiger partial charge on any atom is 0.328 e. The molecule has 0 atom stereocenters. The number of anilines is 2. The topological polar surface area (TPSA) is 87.7 Å². The van der Waals surface area contributed by atoms with Gasteiger partial charge in [-0.1, -0.05) is 32.4 Å². The van der Waals surface area contributed by atoms with Crippen LogP contribution in [0.2, 0.25) is 5.02 Å². The molecule has 2 aromatic rings. The van der Waals surface area contributed by atoms with Crippen LogP contribution in [-0.4, -0.2) is 31.5 Å². The first-order valence-corrected chi connectivity index (χ1v) is 9.88. The second-order valence-corrected chi connectivity index (χ2v) is 8.48. The molecular formula is C22H24ClN3O4. The van der Waals surface area contributed by atoms with Gasteiger partial charge in [-0.15, -0.1) is 0 Å². The van der Waals surface area contributed by atoms with Gasteiger partial charge in [-0.2, -0.15) is 0 Å². The average Bonchev–Trinajstić information content (AvgIpc) is 2.68. The molecule has 2 N–H and O–H groups in total. The number of urea groups is 1. The van der Waals surface area contributed by atoms with Crippen molar-refractivity contribution in [2.24, 2.45) is 0 Å². The first kappa shape index (κ1) is 21.6. The number of halogens is 1. The van der Waals surface area contributed by atoms with E-state index in [2.05, 4.69) is 10.6 Å². The number of ether oxygens (including phenoxy) is 1. The Labute approximate surface area is 180 Å². The molecule has 0 spiro atoms. The van der Waals surface area contributed by atoms with Crippen molar-refractivity contribution in [1.82, 2.24) is 5.32 Å². The average molecular weight is 430 g/mol. The number of hydrogen-bond acceptors (Lipinski definition) is 4. The number of imide groups is 1. The van der Waals surface area contributed by atoms with Gasteiger partial charge in [0.15, 0.2) is 0 Å². The standard InChI is InChI=1S/C22H24ClN3O4/c1-22(2,3)17-12-15(26-10-9-18(27)25-21(26)29)11-16(19(17)30-4)20(28)24-14-7-5-13(23)6-8-14/h5-8,11-12H,9-10H2,1-4H3,(H,24,28)(H,25,27,29). The van der Waals surface area contributed by atoms with Gasteiger partial charge in [-0.25, -0.2) is 4.79 Å². The van der Waals surface area contributed by atoms with E-state index >= 15 is 0 Å². The van der Waals surface area contributed by atoms with Crippen LogP contribution in [0.3, 0.4) is 0 Å². The third-order valence-corrected chi connectivity index (χ3v) is 5.05. The molecule has 1 saturated heterocycles. The molecule has 4 amide bonds. The number of nitrogens with zero attached hydrogens (tertiary/aromatic N) is 1. The van der Waals surface area contributed by atoms with E-state index in [4.69, 9.17) is 16.3 Å². The van der Waals surface area contributed by atoms with Gasteiger partial charge in [0.25, 0.3) is 5.91 Å². The Balaban J connectivity index is 2.07. The highest BCUT2D eigenvalue weighted by atomic mass is 35.5. The van der Waals surface area contributed by atoms with Crippen molar-refractivity contribution >= 4 is 40.8 Å². The van der Waals surface area contributed by atoms with Gasteiger partial charge in [-0.3, -0.25) is 19.8 Å². The Morgan fingerprint density at radius 1 is 1.17 bits per heavy atom. The molecule has 1 aliphatic heterocycles. The molecule has 8 heteroatoms. The van der Waals surface area contributed by atoms with E-state index in [1.807, 2.05) is 26.8 Å². The minimum absolute atomic E-state index is 0.189. The van der Waals surface area contributed by atoms with E-state index in [1.165, 1.54) is 12.0 Å². The zero-order valence-electron chi connectivity index (χ0n) is 17.3. The highest BCUT2D eigenvalue weighted by Gasteiger charge is 2.30. The summed E-state index contributed by atoms with van der Waals surface area (Å²) in [6.45, 7) is 6.22. The van der Waals surface area contributed by atoms with Gasteiger partial charge < -0.3 is 10.1 Å². The summed E-state index contributed by atoms with van der Waals surface area (Å²) < 4.78 is 5.61. The Morgan fingerprint density at radius 3 is 2.40 bits per heavy atom. The summed E-state index contributed by atoms with van der Waals surface area (Å²) in [6, 6.07) is 9.68. The number of nitrogens with one attached hydrogen (secondary N) is 2. The Morgan fingerprint density at radius 2 is 1.83 bits per heavy atom. The highest BCUT2D eigenvalue weighted by Crippen LogP contribution is 2.38. The largest absolute Gasteiger partial charge is 0.496 e. The lowest BCUT2D eigenvalue weighted by Gasteiger charge is -2.30. The smallest absolute Gasteiger partial charge is 0.328 e. The van der Waals surface area contributed by atoms with Crippen molar-refractivity contribution < 1.29 is 19.1 Å². The fraction of sp³-hybridized carbons (Fsp3) is 0.318. The molecule has 1 aliphatic rings. The molecule has 1 fully saturated rings. The van der Waals surface area contributed by atoms with Gasteiger partial charge in [0.1, 0.15) is 5.75 Å². The van der Waals surface area contributed by atoms with Crippen molar-refractivity contribution in [1.29, 1.82) is 0 Å². The monoisotopic (exact) mass is 429 g/mol. The number of rotatable bonds is 4. The quantitative estimate of drug-likeness (QED) is 0.756. The minimum atomic E-state index is -0.514. The number of methoxy groups -OCH3 is 1. The first-order valence-electron chi connectivity index (χ1n) is 9.51. The van der Waals surface area contributed by atoms with Gasteiger partial charge in [0.05, 0.1) is 12.7 Å². The summed E-state index contributed by atoms with van der Waals surface area (Å²) in [5.74, 6) is -0.261. The summed E-state index contributed by atoms with van der Waals surface area (Å²) in [6.07, 6.45) is 0.189. The third-order valence-electron chi connectivity index (χ3n) is 4.80. The maximum atomic E-state index is 13.1. The van der Waals surface area contributed by atoms with Crippen LogP contribution in [0, 0.1) is 0 Å². The number of carbonyl (C=O) groups is 3. The van der Waals surface area contributed by atoms with Crippen molar-refractivity contribution in [2.45, 2.75) is 32.6 Å². The van der Waals surface area contributed by atoms with Crippen molar-refractivity contribution in [2.75, 3.05) is 23.9 Å². The Bertz CT molecular complexity index is 997. The van der Waals surface area contributed by atoms with E-state index in [0.717, 1.165) is 5.56 Å². The molecule has 1 heterocycles. The van der Waals surface area contributed by atoms with Crippen LogP contribution in [0.1, 0.15) is 43.1 Å².